The van der Waals surface area contributed by atoms with Gasteiger partial charge in [0.25, 0.3) is 0 Å². The van der Waals surface area contributed by atoms with E-state index < -0.39 is 5.97 Å². The van der Waals surface area contributed by atoms with Crippen LogP contribution in [0, 0.1) is 0 Å². The molecule has 0 aromatic carbocycles. The van der Waals surface area contributed by atoms with Gasteiger partial charge in [-0.25, -0.2) is 4.79 Å². The Morgan fingerprint density at radius 3 is 2.43 bits per heavy atom. The van der Waals surface area contributed by atoms with Crippen molar-refractivity contribution in [1.82, 2.24) is 4.73 Å². The van der Waals surface area contributed by atoms with Crippen LogP contribution in [0.1, 0.15) is 55.4 Å². The summed E-state index contributed by atoms with van der Waals surface area (Å²) in [6, 6.07) is 1.61. The van der Waals surface area contributed by atoms with E-state index >= 15 is 0 Å². The Hall–Kier alpha value is -1.20. The number of aliphatic hydroxyl groups excluding tert-OH is 1. The summed E-state index contributed by atoms with van der Waals surface area (Å²) in [5, 5.41) is 8.99. The van der Waals surface area contributed by atoms with Crippen LogP contribution in [0.5, 0.6) is 0 Å². The van der Waals surface area contributed by atoms with Gasteiger partial charge in [0, 0.05) is 12.8 Å². The summed E-state index contributed by atoms with van der Waals surface area (Å²) in [4.78, 5) is 17.1. The van der Waals surface area contributed by atoms with Gasteiger partial charge in [-0.15, -0.1) is 0 Å². The highest BCUT2D eigenvalue weighted by atomic mass is 35.5. The van der Waals surface area contributed by atoms with Crippen molar-refractivity contribution in [3.05, 3.63) is 23.0 Å². The minimum atomic E-state index is -0.506. The molecule has 1 N–H and O–H groups in total. The van der Waals surface area contributed by atoms with Gasteiger partial charge in [-0.2, -0.15) is 4.73 Å². The van der Waals surface area contributed by atoms with Gasteiger partial charge in [-0.1, -0.05) is 37.3 Å². The van der Waals surface area contributed by atoms with Gasteiger partial charge in [0.15, 0.2) is 5.69 Å². The Balaban J connectivity index is 2.17. The number of rotatable bonds is 11. The van der Waals surface area contributed by atoms with Crippen molar-refractivity contribution in [3.63, 3.8) is 0 Å². The molecule has 0 saturated carbocycles. The van der Waals surface area contributed by atoms with Crippen LogP contribution in [0.25, 0.3) is 0 Å². The summed E-state index contributed by atoms with van der Waals surface area (Å²) in [5.74, 6) is -0.506. The van der Waals surface area contributed by atoms with E-state index in [0.29, 0.717) is 11.6 Å². The van der Waals surface area contributed by atoms with Crippen molar-refractivity contribution in [2.24, 2.45) is 0 Å². The van der Waals surface area contributed by atoms with Gasteiger partial charge in [-0.05, 0) is 25.3 Å². The second-order valence-corrected chi connectivity index (χ2v) is 5.27. The highest BCUT2D eigenvalue weighted by Gasteiger charge is 2.17. The second kappa shape index (κ2) is 10.5. The largest absolute Gasteiger partial charge is 0.464 e. The van der Waals surface area contributed by atoms with E-state index in [0.717, 1.165) is 32.1 Å². The third kappa shape index (κ3) is 6.40. The maximum atomic E-state index is 11.6. The Morgan fingerprint density at radius 2 is 1.81 bits per heavy atom. The molecular weight excluding hydrogens is 294 g/mol. The fourth-order valence-electron chi connectivity index (χ4n) is 2.04. The molecule has 1 aromatic heterocycles. The Kier molecular flexibility index (Phi) is 8.94. The number of ether oxygens (including phenoxy) is 1. The molecule has 0 bridgehead atoms. The SMILES string of the molecule is COC(=O)c1c(Cl)ccn1OCCCCCCCCCO. The first-order chi connectivity index (χ1) is 10.2. The van der Waals surface area contributed by atoms with Gasteiger partial charge in [0.2, 0.25) is 0 Å². The predicted molar refractivity (Wildman–Crippen MR) is 81.6 cm³/mol. The Bertz CT molecular complexity index is 420. The average Bonchev–Trinajstić information content (AvgIpc) is 2.85. The molecule has 0 amide bonds. The molecular formula is C15H24ClNO4. The quantitative estimate of drug-likeness (QED) is 0.503. The van der Waals surface area contributed by atoms with E-state index in [9.17, 15) is 4.79 Å². The standard InChI is InChI=1S/C15H24ClNO4/c1-20-15(19)14-13(16)9-10-17(14)21-12-8-6-4-2-3-5-7-11-18/h9-10,18H,2-8,11-12H2,1H3. The van der Waals surface area contributed by atoms with Crippen molar-refractivity contribution in [2.75, 3.05) is 20.3 Å². The zero-order valence-corrected chi connectivity index (χ0v) is 13.3. The number of halogens is 1. The molecule has 0 saturated heterocycles. The maximum Gasteiger partial charge on any atom is 0.359 e. The first-order valence-electron chi connectivity index (χ1n) is 7.40. The molecule has 1 aromatic rings. The van der Waals surface area contributed by atoms with E-state index in [2.05, 4.69) is 4.74 Å². The molecule has 1 rings (SSSR count). The molecule has 120 valence electrons. The lowest BCUT2D eigenvalue weighted by molar-refractivity contribution is 0.0504. The molecule has 6 heteroatoms. The van der Waals surface area contributed by atoms with E-state index in [4.69, 9.17) is 21.5 Å². The summed E-state index contributed by atoms with van der Waals surface area (Å²) in [5.41, 5.74) is 0.225. The van der Waals surface area contributed by atoms with Gasteiger partial charge < -0.3 is 14.7 Å². The Labute approximate surface area is 130 Å². The topological polar surface area (TPSA) is 60.7 Å². The number of esters is 1. The van der Waals surface area contributed by atoms with Crippen LogP contribution in [0.4, 0.5) is 0 Å². The molecule has 0 aliphatic heterocycles. The van der Waals surface area contributed by atoms with Crippen LogP contribution >= 0.6 is 11.6 Å². The van der Waals surface area contributed by atoms with Gasteiger partial charge in [0.05, 0.1) is 12.1 Å². The number of hydrogen-bond donors (Lipinski definition) is 1. The fraction of sp³-hybridized carbons (Fsp3) is 0.667. The van der Waals surface area contributed by atoms with E-state index in [1.165, 1.54) is 24.7 Å². The van der Waals surface area contributed by atoms with E-state index in [-0.39, 0.29) is 12.3 Å². The summed E-state index contributed by atoms with van der Waals surface area (Å²) in [6.45, 7) is 0.821. The van der Waals surface area contributed by atoms with Crippen molar-refractivity contribution in [3.8, 4) is 0 Å². The third-order valence-electron chi connectivity index (χ3n) is 3.21. The third-order valence-corrected chi connectivity index (χ3v) is 3.52. The normalized spacial score (nSPS) is 10.6. The zero-order chi connectivity index (χ0) is 15.5. The summed E-state index contributed by atoms with van der Waals surface area (Å²) in [7, 11) is 1.31. The number of carbonyl (C=O) groups excluding carboxylic acids is 1. The van der Waals surface area contributed by atoms with Crippen LogP contribution in [-0.4, -0.2) is 36.1 Å². The molecule has 0 spiro atoms. The molecule has 0 fully saturated rings. The number of aromatic nitrogens is 1. The molecule has 0 unspecified atom stereocenters. The van der Waals surface area contributed by atoms with Crippen LogP contribution in [0.15, 0.2) is 12.3 Å². The minimum absolute atomic E-state index is 0.225. The van der Waals surface area contributed by atoms with Crippen LogP contribution < -0.4 is 4.84 Å². The van der Waals surface area contributed by atoms with E-state index in [1.807, 2.05) is 0 Å². The van der Waals surface area contributed by atoms with Crippen molar-refractivity contribution < 1.29 is 19.5 Å². The number of nitrogens with zero attached hydrogens (tertiary/aromatic N) is 1. The van der Waals surface area contributed by atoms with Crippen LogP contribution in [-0.2, 0) is 4.74 Å². The van der Waals surface area contributed by atoms with Gasteiger partial charge in [0.1, 0.15) is 6.61 Å². The lowest BCUT2D eigenvalue weighted by atomic mass is 10.1. The van der Waals surface area contributed by atoms with Crippen molar-refractivity contribution >= 4 is 17.6 Å². The first kappa shape index (κ1) is 17.9. The van der Waals surface area contributed by atoms with E-state index in [1.54, 1.807) is 12.3 Å². The highest BCUT2D eigenvalue weighted by molar-refractivity contribution is 6.33. The molecule has 5 nitrogen and oxygen atoms in total. The fourth-order valence-corrected chi connectivity index (χ4v) is 2.26. The highest BCUT2D eigenvalue weighted by Crippen LogP contribution is 2.17. The summed E-state index contributed by atoms with van der Waals surface area (Å²) in [6.07, 6.45) is 9.13. The lowest BCUT2D eigenvalue weighted by Crippen LogP contribution is -2.18. The maximum absolute atomic E-state index is 11.6. The van der Waals surface area contributed by atoms with Crippen molar-refractivity contribution in [2.45, 2.75) is 44.9 Å². The van der Waals surface area contributed by atoms with Crippen LogP contribution in [0.2, 0.25) is 5.02 Å². The minimum Gasteiger partial charge on any atom is -0.464 e. The van der Waals surface area contributed by atoms with Gasteiger partial charge in [-0.3, -0.25) is 0 Å². The molecule has 1 heterocycles. The molecule has 0 radical (unpaired) electrons. The van der Waals surface area contributed by atoms with Gasteiger partial charge >= 0.3 is 5.97 Å². The zero-order valence-electron chi connectivity index (χ0n) is 12.5. The lowest BCUT2D eigenvalue weighted by Gasteiger charge is -2.10. The number of aliphatic hydroxyl groups is 1. The van der Waals surface area contributed by atoms with Crippen LogP contribution in [0.3, 0.4) is 0 Å². The molecule has 0 atom stereocenters. The number of carbonyl (C=O) groups is 1. The summed E-state index contributed by atoms with van der Waals surface area (Å²) < 4.78 is 6.04. The molecule has 0 aliphatic rings. The molecule has 21 heavy (non-hydrogen) atoms. The molecule has 0 aliphatic carbocycles. The first-order valence-corrected chi connectivity index (χ1v) is 7.77. The second-order valence-electron chi connectivity index (χ2n) is 4.86. The smallest absolute Gasteiger partial charge is 0.359 e. The number of methoxy groups -OCH3 is 1. The summed E-state index contributed by atoms with van der Waals surface area (Å²) >= 11 is 5.92. The number of unbranched alkanes of at least 4 members (excludes halogenated alkanes) is 6. The Morgan fingerprint density at radius 1 is 1.19 bits per heavy atom. The number of hydrogen-bond acceptors (Lipinski definition) is 4. The van der Waals surface area contributed by atoms with Crippen molar-refractivity contribution in [1.29, 1.82) is 0 Å². The average molecular weight is 318 g/mol. The monoisotopic (exact) mass is 317 g/mol. The predicted octanol–water partition coefficient (Wildman–Crippen LogP) is 3.08.